The molecule has 6 nitrogen and oxygen atoms in total. The lowest BCUT2D eigenvalue weighted by Crippen LogP contribution is -2.48. The number of quaternary nitrogens is 2. The van der Waals surface area contributed by atoms with Crippen LogP contribution >= 0.6 is 0 Å². The molecule has 2 atom stereocenters. The Hall–Kier alpha value is -0.760. The van der Waals surface area contributed by atoms with Crippen LogP contribution in [0.15, 0.2) is 24.8 Å². The fraction of sp³-hybridized carbons (Fsp3) is 0.667. The average molecular weight is 260 g/mol. The third kappa shape index (κ3) is 4.16. The van der Waals surface area contributed by atoms with E-state index in [1.165, 1.54) is 0 Å². The Labute approximate surface area is 107 Å². The molecule has 1 rings (SSSR count). The monoisotopic (exact) mass is 260 g/mol. The second kappa shape index (κ2) is 5.92. The van der Waals surface area contributed by atoms with Crippen LogP contribution in [0.5, 0.6) is 0 Å². The molecule has 0 fully saturated rings. The fourth-order valence-electron chi connectivity index (χ4n) is 1.98. The molecule has 0 bridgehead atoms. The topological polar surface area (TPSA) is 80.9 Å². The summed E-state index contributed by atoms with van der Waals surface area (Å²) in [6, 6.07) is 0. The van der Waals surface area contributed by atoms with Gasteiger partial charge in [-0.05, 0) is 0 Å². The van der Waals surface area contributed by atoms with Gasteiger partial charge in [0.2, 0.25) is 0 Å². The molecule has 0 spiro atoms. The molecule has 0 radical (unpaired) electrons. The van der Waals surface area contributed by atoms with Gasteiger partial charge in [0.15, 0.2) is 24.8 Å². The number of aliphatic hydroxyl groups is 4. The van der Waals surface area contributed by atoms with Crippen LogP contribution in [0.25, 0.3) is 0 Å². The smallest absolute Gasteiger partial charge is 0.155 e. The minimum Gasteiger partial charge on any atom is -0.393 e. The number of hydrogen-bond donors (Lipinski definition) is 4. The highest BCUT2D eigenvalue weighted by Gasteiger charge is 2.31. The van der Waals surface area contributed by atoms with Gasteiger partial charge in [-0.2, -0.15) is 0 Å². The first-order chi connectivity index (χ1) is 8.32. The van der Waals surface area contributed by atoms with E-state index in [1.54, 1.807) is 0 Å². The third-order valence-corrected chi connectivity index (χ3v) is 3.13. The van der Waals surface area contributed by atoms with E-state index in [-0.39, 0.29) is 13.2 Å². The Morgan fingerprint density at radius 1 is 0.778 bits per heavy atom. The van der Waals surface area contributed by atoms with E-state index in [9.17, 15) is 10.2 Å². The van der Waals surface area contributed by atoms with Gasteiger partial charge in [-0.25, -0.2) is 0 Å². The van der Waals surface area contributed by atoms with E-state index >= 15 is 0 Å². The fourth-order valence-corrected chi connectivity index (χ4v) is 1.98. The van der Waals surface area contributed by atoms with Crippen molar-refractivity contribution in [3.05, 3.63) is 24.8 Å². The zero-order valence-corrected chi connectivity index (χ0v) is 11.0. The third-order valence-electron chi connectivity index (χ3n) is 3.13. The quantitative estimate of drug-likeness (QED) is 0.440. The number of hydrogen-bond acceptors (Lipinski definition) is 4. The summed E-state index contributed by atoms with van der Waals surface area (Å²) in [5.41, 5.74) is 0. The van der Waals surface area contributed by atoms with Crippen LogP contribution in [0, 0.1) is 0 Å². The van der Waals surface area contributed by atoms with Gasteiger partial charge in [0.25, 0.3) is 0 Å². The minimum atomic E-state index is -0.760. The Kier molecular flexibility index (Phi) is 5.03. The van der Waals surface area contributed by atoms with Gasteiger partial charge < -0.3 is 20.4 Å². The van der Waals surface area contributed by atoms with Crippen molar-refractivity contribution < 1.29 is 29.4 Å². The van der Waals surface area contributed by atoms with Crippen LogP contribution in [0.1, 0.15) is 0 Å². The van der Waals surface area contributed by atoms with Crippen molar-refractivity contribution in [2.24, 2.45) is 0 Å². The van der Waals surface area contributed by atoms with Gasteiger partial charge in [0, 0.05) is 0 Å². The van der Waals surface area contributed by atoms with Gasteiger partial charge in [0.05, 0.1) is 27.3 Å². The Bertz CT molecular complexity index is 286. The summed E-state index contributed by atoms with van der Waals surface area (Å²) in [5.74, 6) is 0. The maximum absolute atomic E-state index is 9.48. The van der Waals surface area contributed by atoms with E-state index < -0.39 is 12.2 Å². The van der Waals surface area contributed by atoms with Crippen molar-refractivity contribution in [3.63, 3.8) is 0 Å². The van der Waals surface area contributed by atoms with E-state index in [2.05, 4.69) is 0 Å². The molecule has 1 heterocycles. The van der Waals surface area contributed by atoms with Gasteiger partial charge in [0.1, 0.15) is 25.3 Å². The van der Waals surface area contributed by atoms with Crippen LogP contribution in [0.2, 0.25) is 0 Å². The number of nitrogens with zero attached hydrogens (tertiary/aromatic N) is 2. The van der Waals surface area contributed by atoms with Gasteiger partial charge in [-0.15, -0.1) is 0 Å². The predicted molar refractivity (Wildman–Crippen MR) is 66.6 cm³/mol. The molecular weight excluding hydrogens is 236 g/mol. The Balaban J connectivity index is 2.67. The second-order valence-corrected chi connectivity index (χ2v) is 5.33. The molecule has 1 aliphatic rings. The first-order valence-electron chi connectivity index (χ1n) is 6.01. The average Bonchev–Trinajstić information content (AvgIpc) is 2.33. The summed E-state index contributed by atoms with van der Waals surface area (Å²) < 4.78 is 0.787. The lowest BCUT2D eigenvalue weighted by molar-refractivity contribution is -0.867. The first kappa shape index (κ1) is 15.3. The van der Waals surface area contributed by atoms with Gasteiger partial charge >= 0.3 is 0 Å². The Morgan fingerprint density at radius 3 is 1.28 bits per heavy atom. The summed E-state index contributed by atoms with van der Waals surface area (Å²) in [4.78, 5) is 0. The Morgan fingerprint density at radius 2 is 1.06 bits per heavy atom. The molecule has 0 aromatic heterocycles. The maximum Gasteiger partial charge on any atom is 0.155 e. The maximum atomic E-state index is 9.48. The van der Waals surface area contributed by atoms with Crippen LogP contribution in [0.4, 0.5) is 0 Å². The minimum absolute atomic E-state index is 0.259. The highest BCUT2D eigenvalue weighted by Crippen LogP contribution is 2.19. The molecule has 0 aromatic carbocycles. The van der Waals surface area contributed by atoms with E-state index in [1.807, 2.05) is 38.9 Å². The zero-order valence-electron chi connectivity index (χ0n) is 11.0. The molecule has 0 amide bonds. The summed E-state index contributed by atoms with van der Waals surface area (Å²) in [6.07, 6.45) is 6.10. The molecule has 18 heavy (non-hydrogen) atoms. The summed E-state index contributed by atoms with van der Waals surface area (Å²) >= 11 is 0. The summed E-state index contributed by atoms with van der Waals surface area (Å²) in [5, 5.41) is 36.7. The first-order valence-corrected chi connectivity index (χ1v) is 6.01. The van der Waals surface area contributed by atoms with Gasteiger partial charge in [-0.3, -0.25) is 8.97 Å². The largest absolute Gasteiger partial charge is 0.393 e. The molecule has 0 saturated carbocycles. The van der Waals surface area contributed by atoms with E-state index in [4.69, 9.17) is 10.2 Å². The zero-order chi connectivity index (χ0) is 13.8. The molecule has 6 heteroatoms. The van der Waals surface area contributed by atoms with E-state index in [0.717, 1.165) is 0 Å². The molecular formula is C12H24N2O4+2. The summed E-state index contributed by atoms with van der Waals surface area (Å²) in [7, 11) is 3.83. The molecule has 0 saturated heterocycles. The number of rotatable bonds is 6. The standard InChI is InChI=1S/C12H24N2O4/c1-13(7-11(17)9-15)3-5-14(2,6-4-13)8-12(18)10-16/h3-6,11-12,15-18H,7-10H2,1-2H3/q+2. The predicted octanol–water partition coefficient (Wildman–Crippen LogP) is -1.46. The van der Waals surface area contributed by atoms with Crippen LogP contribution in [-0.4, -0.2) is 82.0 Å². The lowest BCUT2D eigenvalue weighted by Gasteiger charge is -2.35. The molecule has 0 aliphatic carbocycles. The van der Waals surface area contributed by atoms with Crippen molar-refractivity contribution >= 4 is 0 Å². The molecule has 2 unspecified atom stereocenters. The number of likely N-dealkylation sites (N-methyl/N-ethyl adjacent to an activating group) is 2. The molecule has 4 N–H and O–H groups in total. The molecule has 0 aromatic rings. The normalized spacial score (nSPS) is 34.6. The molecule has 1 aliphatic heterocycles. The van der Waals surface area contributed by atoms with Crippen molar-refractivity contribution in [1.82, 2.24) is 0 Å². The lowest BCUT2D eigenvalue weighted by atomic mass is 10.2. The van der Waals surface area contributed by atoms with Crippen LogP contribution in [0.3, 0.4) is 0 Å². The number of aliphatic hydroxyl groups excluding tert-OH is 4. The van der Waals surface area contributed by atoms with Crippen molar-refractivity contribution in [1.29, 1.82) is 0 Å². The van der Waals surface area contributed by atoms with Crippen LogP contribution < -0.4 is 0 Å². The second-order valence-electron chi connectivity index (χ2n) is 5.33. The highest BCUT2D eigenvalue weighted by atomic mass is 16.3. The summed E-state index contributed by atoms with van der Waals surface area (Å²) in [6.45, 7) is 0.272. The highest BCUT2D eigenvalue weighted by molar-refractivity contribution is 4.83. The van der Waals surface area contributed by atoms with Gasteiger partial charge in [-0.1, -0.05) is 0 Å². The van der Waals surface area contributed by atoms with E-state index in [0.29, 0.717) is 22.1 Å². The van der Waals surface area contributed by atoms with Crippen molar-refractivity contribution in [3.8, 4) is 0 Å². The SMILES string of the molecule is C[N+]1(CC(O)CO)C=C[N+](C)(CC(O)CO)C=C1. The van der Waals surface area contributed by atoms with Crippen molar-refractivity contribution in [2.45, 2.75) is 12.2 Å². The molecule has 104 valence electrons. The van der Waals surface area contributed by atoms with Crippen molar-refractivity contribution in [2.75, 3.05) is 40.4 Å². The van der Waals surface area contributed by atoms with Crippen LogP contribution in [-0.2, 0) is 0 Å².